The first-order valence-electron chi connectivity index (χ1n) is 6.53. The highest BCUT2D eigenvalue weighted by atomic mass is 35.5. The van der Waals surface area contributed by atoms with Crippen LogP contribution in [0.15, 0.2) is 5.38 Å². The van der Waals surface area contributed by atoms with Crippen LogP contribution in [0.1, 0.15) is 36.9 Å². The summed E-state index contributed by atoms with van der Waals surface area (Å²) in [6.07, 6.45) is 4.28. The van der Waals surface area contributed by atoms with Gasteiger partial charge >= 0.3 is 0 Å². The summed E-state index contributed by atoms with van der Waals surface area (Å²) in [5, 5.41) is 13.1. The van der Waals surface area contributed by atoms with Gasteiger partial charge in [-0.2, -0.15) is 0 Å². The number of likely N-dealkylation sites (tertiary alicyclic amines) is 1. The summed E-state index contributed by atoms with van der Waals surface area (Å²) in [7, 11) is 0. The van der Waals surface area contributed by atoms with Crippen LogP contribution in [0.5, 0.6) is 0 Å². The Morgan fingerprint density at radius 3 is 3.00 bits per heavy atom. The van der Waals surface area contributed by atoms with Gasteiger partial charge < -0.3 is 10.0 Å². The predicted molar refractivity (Wildman–Crippen MR) is 76.3 cm³/mol. The second kappa shape index (κ2) is 6.33. The number of thiazole rings is 1. The molecule has 0 amide bonds. The Morgan fingerprint density at radius 1 is 1.56 bits per heavy atom. The summed E-state index contributed by atoms with van der Waals surface area (Å²) < 4.78 is 0. The molecule has 1 atom stereocenters. The van der Waals surface area contributed by atoms with Gasteiger partial charge in [-0.3, -0.25) is 0 Å². The van der Waals surface area contributed by atoms with E-state index < -0.39 is 5.60 Å². The molecule has 1 N–H and O–H groups in total. The average Bonchev–Trinajstić information content (AvgIpc) is 2.91. The lowest BCUT2D eigenvalue weighted by atomic mass is 10.1. The second-order valence-corrected chi connectivity index (χ2v) is 6.56. The van der Waals surface area contributed by atoms with Gasteiger partial charge in [-0.05, 0) is 39.2 Å². The number of aromatic nitrogens is 1. The van der Waals surface area contributed by atoms with Crippen molar-refractivity contribution in [2.24, 2.45) is 0 Å². The molecular formula is C13H21ClN2OS. The second-order valence-electron chi connectivity index (χ2n) is 5.35. The molecule has 0 spiro atoms. The van der Waals surface area contributed by atoms with Crippen molar-refractivity contribution in [2.75, 3.05) is 19.6 Å². The standard InChI is InChI=1S/C13H21ClN2OS/c1-13(17)5-7-16(10-13)6-3-2-4-12-15-11(8-14)9-18-12/h9,17H,2-8,10H2,1H3. The molecule has 3 nitrogen and oxygen atoms in total. The molecule has 1 aromatic rings. The number of hydrogen-bond acceptors (Lipinski definition) is 4. The monoisotopic (exact) mass is 288 g/mol. The molecule has 0 saturated carbocycles. The number of aryl methyl sites for hydroxylation is 1. The maximum atomic E-state index is 9.87. The predicted octanol–water partition coefficient (Wildman–Crippen LogP) is 2.66. The Balaban J connectivity index is 1.61. The van der Waals surface area contributed by atoms with Crippen molar-refractivity contribution in [1.82, 2.24) is 9.88 Å². The molecule has 18 heavy (non-hydrogen) atoms. The van der Waals surface area contributed by atoms with E-state index in [0.717, 1.165) is 44.6 Å². The van der Waals surface area contributed by atoms with E-state index in [0.29, 0.717) is 5.88 Å². The van der Waals surface area contributed by atoms with Gasteiger partial charge in [0.1, 0.15) is 0 Å². The molecular weight excluding hydrogens is 268 g/mol. The third-order valence-electron chi connectivity index (χ3n) is 3.38. The fourth-order valence-electron chi connectivity index (χ4n) is 2.37. The van der Waals surface area contributed by atoms with Crippen molar-refractivity contribution >= 4 is 22.9 Å². The quantitative estimate of drug-likeness (QED) is 0.646. The molecule has 1 aromatic heterocycles. The van der Waals surface area contributed by atoms with Gasteiger partial charge in [-0.25, -0.2) is 4.98 Å². The molecule has 2 heterocycles. The minimum atomic E-state index is -0.468. The van der Waals surface area contributed by atoms with Gasteiger partial charge in [-0.1, -0.05) is 0 Å². The lowest BCUT2D eigenvalue weighted by molar-refractivity contribution is 0.0686. The van der Waals surface area contributed by atoms with Crippen molar-refractivity contribution in [2.45, 2.75) is 44.1 Å². The van der Waals surface area contributed by atoms with E-state index >= 15 is 0 Å². The highest BCUT2D eigenvalue weighted by Gasteiger charge is 2.30. The Morgan fingerprint density at radius 2 is 2.39 bits per heavy atom. The Labute approximate surface area is 118 Å². The molecule has 1 saturated heterocycles. The van der Waals surface area contributed by atoms with E-state index in [1.807, 2.05) is 12.3 Å². The number of aliphatic hydroxyl groups is 1. The highest BCUT2D eigenvalue weighted by molar-refractivity contribution is 7.09. The van der Waals surface area contributed by atoms with Gasteiger partial charge in [-0.15, -0.1) is 22.9 Å². The zero-order valence-corrected chi connectivity index (χ0v) is 12.4. The zero-order chi connectivity index (χ0) is 13.0. The van der Waals surface area contributed by atoms with Crippen molar-refractivity contribution < 1.29 is 5.11 Å². The van der Waals surface area contributed by atoms with Gasteiger partial charge in [0.2, 0.25) is 0 Å². The number of halogens is 1. The minimum absolute atomic E-state index is 0.468. The molecule has 102 valence electrons. The molecule has 0 aromatic carbocycles. The van der Waals surface area contributed by atoms with E-state index in [1.165, 1.54) is 11.4 Å². The first-order chi connectivity index (χ1) is 8.59. The Kier molecular flexibility index (Phi) is 5.01. The maximum absolute atomic E-state index is 9.87. The first kappa shape index (κ1) is 14.3. The SMILES string of the molecule is CC1(O)CCN(CCCCc2nc(CCl)cs2)C1. The summed E-state index contributed by atoms with van der Waals surface area (Å²) in [6.45, 7) is 4.86. The van der Waals surface area contributed by atoms with Crippen LogP contribution in [0.3, 0.4) is 0 Å². The summed E-state index contributed by atoms with van der Waals surface area (Å²) >= 11 is 7.44. The molecule has 0 bridgehead atoms. The number of rotatable bonds is 6. The van der Waals surface area contributed by atoms with Gasteiger partial charge in [0, 0.05) is 18.5 Å². The van der Waals surface area contributed by atoms with Crippen molar-refractivity contribution in [3.63, 3.8) is 0 Å². The Hall–Kier alpha value is -0.160. The van der Waals surface area contributed by atoms with Crippen molar-refractivity contribution in [3.8, 4) is 0 Å². The van der Waals surface area contributed by atoms with Crippen LogP contribution < -0.4 is 0 Å². The van der Waals surface area contributed by atoms with Crippen molar-refractivity contribution in [1.29, 1.82) is 0 Å². The number of alkyl halides is 1. The third kappa shape index (κ3) is 4.19. The first-order valence-corrected chi connectivity index (χ1v) is 7.94. The zero-order valence-electron chi connectivity index (χ0n) is 10.9. The summed E-state index contributed by atoms with van der Waals surface area (Å²) in [6, 6.07) is 0. The van der Waals surface area contributed by atoms with Crippen LogP contribution in [0.25, 0.3) is 0 Å². The van der Waals surface area contributed by atoms with Gasteiger partial charge in [0.15, 0.2) is 0 Å². The van der Waals surface area contributed by atoms with Crippen LogP contribution in [0.4, 0.5) is 0 Å². The number of hydrogen-bond donors (Lipinski definition) is 1. The molecule has 0 radical (unpaired) electrons. The number of nitrogens with zero attached hydrogens (tertiary/aromatic N) is 2. The van der Waals surface area contributed by atoms with Crippen LogP contribution in [-0.2, 0) is 12.3 Å². The maximum Gasteiger partial charge on any atom is 0.0928 e. The fourth-order valence-corrected chi connectivity index (χ4v) is 3.44. The molecule has 1 unspecified atom stereocenters. The normalized spacial score (nSPS) is 24.8. The van der Waals surface area contributed by atoms with Crippen LogP contribution >= 0.6 is 22.9 Å². The highest BCUT2D eigenvalue weighted by Crippen LogP contribution is 2.20. The topological polar surface area (TPSA) is 36.4 Å². The van der Waals surface area contributed by atoms with E-state index in [4.69, 9.17) is 11.6 Å². The van der Waals surface area contributed by atoms with Gasteiger partial charge in [0.25, 0.3) is 0 Å². The largest absolute Gasteiger partial charge is 0.389 e. The van der Waals surface area contributed by atoms with E-state index in [9.17, 15) is 5.11 Å². The molecule has 2 rings (SSSR count). The van der Waals surface area contributed by atoms with E-state index in [-0.39, 0.29) is 0 Å². The van der Waals surface area contributed by atoms with Crippen LogP contribution in [-0.4, -0.2) is 40.2 Å². The molecule has 1 aliphatic heterocycles. The van der Waals surface area contributed by atoms with Crippen molar-refractivity contribution in [3.05, 3.63) is 16.1 Å². The minimum Gasteiger partial charge on any atom is -0.389 e. The summed E-state index contributed by atoms with van der Waals surface area (Å²) in [5.74, 6) is 0.513. The average molecular weight is 289 g/mol. The molecule has 5 heteroatoms. The molecule has 1 fully saturated rings. The van der Waals surface area contributed by atoms with Gasteiger partial charge in [0.05, 0.1) is 22.2 Å². The fraction of sp³-hybridized carbons (Fsp3) is 0.769. The number of β-amino-alcohol motifs (C(OH)–C–C–N with tert-alkyl or cyclic N) is 1. The Bertz CT molecular complexity index is 381. The van der Waals surface area contributed by atoms with Crippen LogP contribution in [0, 0.1) is 0 Å². The molecule has 0 aliphatic carbocycles. The third-order valence-corrected chi connectivity index (χ3v) is 4.61. The summed E-state index contributed by atoms with van der Waals surface area (Å²) in [4.78, 5) is 6.81. The smallest absolute Gasteiger partial charge is 0.0928 e. The number of unbranched alkanes of at least 4 members (excludes halogenated alkanes) is 1. The lowest BCUT2D eigenvalue weighted by Crippen LogP contribution is -2.30. The van der Waals surface area contributed by atoms with E-state index in [1.54, 1.807) is 11.3 Å². The van der Waals surface area contributed by atoms with E-state index in [2.05, 4.69) is 9.88 Å². The van der Waals surface area contributed by atoms with Crippen LogP contribution in [0.2, 0.25) is 0 Å². The molecule has 1 aliphatic rings. The lowest BCUT2D eigenvalue weighted by Gasteiger charge is -2.18. The summed E-state index contributed by atoms with van der Waals surface area (Å²) in [5.41, 5.74) is 0.525.